The molecule has 0 heterocycles. The molecule has 1 rings (SSSR count). The molecule has 0 bridgehead atoms. The quantitative estimate of drug-likeness (QED) is 0.342. The zero-order chi connectivity index (χ0) is 13.5. The number of nitrogens with one attached hydrogen (secondary N) is 1. The molecular formula is C11H12N2O5. The highest BCUT2D eigenvalue weighted by atomic mass is 16.6. The molecule has 0 saturated heterocycles. The van der Waals surface area contributed by atoms with Crippen molar-refractivity contribution in [1.29, 1.82) is 0 Å². The molecule has 1 amide bonds. The summed E-state index contributed by atoms with van der Waals surface area (Å²) in [5.74, 6) is -0.569. The Bertz CT molecular complexity index is 443. The molecule has 0 aliphatic rings. The van der Waals surface area contributed by atoms with Crippen LogP contribution in [0.2, 0.25) is 0 Å². The van der Waals surface area contributed by atoms with Gasteiger partial charge in [-0.2, -0.15) is 0 Å². The van der Waals surface area contributed by atoms with Gasteiger partial charge in [0.05, 0.1) is 12.0 Å². The Kier molecular flexibility index (Phi) is 4.79. The van der Waals surface area contributed by atoms with Crippen molar-refractivity contribution in [1.82, 2.24) is 5.32 Å². The molecule has 0 aromatic heterocycles. The molecule has 0 spiro atoms. The molecule has 1 N–H and O–H groups in total. The summed E-state index contributed by atoms with van der Waals surface area (Å²) in [5.41, 5.74) is 0.655. The average Bonchev–Trinajstić information content (AvgIpc) is 2.38. The van der Waals surface area contributed by atoms with E-state index in [9.17, 15) is 19.7 Å². The highest BCUT2D eigenvalue weighted by Crippen LogP contribution is 2.13. The van der Waals surface area contributed by atoms with Gasteiger partial charge in [-0.25, -0.2) is 4.79 Å². The fourth-order valence-electron chi connectivity index (χ4n) is 1.42. The Morgan fingerprint density at radius 1 is 1.50 bits per heavy atom. The van der Waals surface area contributed by atoms with E-state index in [0.29, 0.717) is 12.0 Å². The molecule has 1 aromatic carbocycles. The Morgan fingerprint density at radius 2 is 2.11 bits per heavy atom. The Morgan fingerprint density at radius 3 is 2.56 bits per heavy atom. The smallest absolute Gasteiger partial charge is 0.328 e. The fourth-order valence-corrected chi connectivity index (χ4v) is 1.42. The maximum atomic E-state index is 11.3. The number of carbonyl (C=O) groups is 2. The summed E-state index contributed by atoms with van der Waals surface area (Å²) in [5, 5.41) is 12.8. The number of nitro groups is 1. The lowest BCUT2D eigenvalue weighted by atomic mass is 10.1. The van der Waals surface area contributed by atoms with E-state index in [0.717, 1.165) is 0 Å². The van der Waals surface area contributed by atoms with Crippen LogP contribution in [-0.4, -0.2) is 30.5 Å². The lowest BCUT2D eigenvalue weighted by Gasteiger charge is -2.13. The standard InChI is InChI=1S/C11H12N2O5/c1-18-11(15)10(12-7-14)6-8-2-4-9(5-3-8)13(16)17/h2-5,7,10H,6H2,1H3,(H,12,14)/t10-/m0/s1. The van der Waals surface area contributed by atoms with E-state index in [4.69, 9.17) is 0 Å². The lowest BCUT2D eigenvalue weighted by Crippen LogP contribution is -2.38. The van der Waals surface area contributed by atoms with Crippen molar-refractivity contribution in [3.05, 3.63) is 39.9 Å². The number of hydrogen-bond donors (Lipinski definition) is 1. The number of carbonyl (C=O) groups excluding carboxylic acids is 2. The highest BCUT2D eigenvalue weighted by Gasteiger charge is 2.18. The van der Waals surface area contributed by atoms with Gasteiger partial charge in [0.1, 0.15) is 6.04 Å². The first-order chi connectivity index (χ1) is 8.58. The molecule has 7 nitrogen and oxygen atoms in total. The number of esters is 1. The maximum absolute atomic E-state index is 11.3. The first-order valence-electron chi connectivity index (χ1n) is 5.09. The van der Waals surface area contributed by atoms with Crippen molar-refractivity contribution < 1.29 is 19.2 Å². The van der Waals surface area contributed by atoms with Gasteiger partial charge in [-0.3, -0.25) is 14.9 Å². The summed E-state index contributed by atoms with van der Waals surface area (Å²) >= 11 is 0. The monoisotopic (exact) mass is 252 g/mol. The molecule has 96 valence electrons. The molecule has 7 heteroatoms. The van der Waals surface area contributed by atoms with Gasteiger partial charge < -0.3 is 10.1 Å². The van der Waals surface area contributed by atoms with Crippen LogP contribution in [0.5, 0.6) is 0 Å². The van der Waals surface area contributed by atoms with Crippen molar-refractivity contribution >= 4 is 18.1 Å². The third-order valence-corrected chi connectivity index (χ3v) is 2.34. The van der Waals surface area contributed by atoms with Crippen LogP contribution in [0.25, 0.3) is 0 Å². The summed E-state index contributed by atoms with van der Waals surface area (Å²) in [6, 6.07) is 4.94. The van der Waals surface area contributed by atoms with Crippen molar-refractivity contribution in [3.8, 4) is 0 Å². The van der Waals surface area contributed by atoms with Crippen LogP contribution in [0.15, 0.2) is 24.3 Å². The number of methoxy groups -OCH3 is 1. The average molecular weight is 252 g/mol. The van der Waals surface area contributed by atoms with E-state index in [1.807, 2.05) is 0 Å². The Hall–Kier alpha value is -2.44. The van der Waals surface area contributed by atoms with Crippen molar-refractivity contribution in [3.63, 3.8) is 0 Å². The SMILES string of the molecule is COC(=O)[C@H](Cc1ccc([N+](=O)[O-])cc1)NC=O. The van der Waals surface area contributed by atoms with E-state index in [2.05, 4.69) is 10.1 Å². The first-order valence-corrected chi connectivity index (χ1v) is 5.09. The van der Waals surface area contributed by atoms with Gasteiger partial charge in [0, 0.05) is 18.6 Å². The Balaban J connectivity index is 2.77. The second-order valence-corrected chi connectivity index (χ2v) is 3.49. The van der Waals surface area contributed by atoms with Crippen molar-refractivity contribution in [2.75, 3.05) is 7.11 Å². The second-order valence-electron chi connectivity index (χ2n) is 3.49. The molecule has 0 aliphatic heterocycles. The fraction of sp³-hybridized carbons (Fsp3) is 0.273. The molecule has 0 unspecified atom stereocenters. The number of ether oxygens (including phenoxy) is 1. The molecular weight excluding hydrogens is 240 g/mol. The summed E-state index contributed by atoms with van der Waals surface area (Å²) < 4.78 is 4.53. The normalized spacial score (nSPS) is 11.4. The van der Waals surface area contributed by atoms with Crippen LogP contribution in [0, 0.1) is 10.1 Å². The third-order valence-electron chi connectivity index (χ3n) is 2.34. The van der Waals surface area contributed by atoms with Gasteiger partial charge in [0.25, 0.3) is 5.69 Å². The van der Waals surface area contributed by atoms with Gasteiger partial charge in [-0.15, -0.1) is 0 Å². The van der Waals surface area contributed by atoms with Gasteiger partial charge in [-0.1, -0.05) is 12.1 Å². The maximum Gasteiger partial charge on any atom is 0.328 e. The van der Waals surface area contributed by atoms with Crippen LogP contribution in [0.4, 0.5) is 5.69 Å². The summed E-state index contributed by atoms with van der Waals surface area (Å²) in [6.45, 7) is 0. The molecule has 0 aliphatic carbocycles. The number of hydrogen-bond acceptors (Lipinski definition) is 5. The van der Waals surface area contributed by atoms with E-state index in [1.165, 1.54) is 31.4 Å². The van der Waals surface area contributed by atoms with Crippen LogP contribution in [-0.2, 0) is 20.7 Å². The van der Waals surface area contributed by atoms with Gasteiger partial charge in [-0.05, 0) is 5.56 Å². The van der Waals surface area contributed by atoms with Crippen LogP contribution >= 0.6 is 0 Å². The minimum Gasteiger partial charge on any atom is -0.467 e. The second kappa shape index (κ2) is 6.33. The zero-order valence-corrected chi connectivity index (χ0v) is 9.66. The minimum absolute atomic E-state index is 0.0308. The molecule has 1 aromatic rings. The number of amides is 1. The van der Waals surface area contributed by atoms with Crippen LogP contribution < -0.4 is 5.32 Å². The van der Waals surface area contributed by atoms with Crippen molar-refractivity contribution in [2.45, 2.75) is 12.5 Å². The third kappa shape index (κ3) is 3.55. The summed E-state index contributed by atoms with van der Waals surface area (Å²) in [6.07, 6.45) is 0.621. The predicted molar refractivity (Wildman–Crippen MR) is 61.8 cm³/mol. The highest BCUT2D eigenvalue weighted by molar-refractivity contribution is 5.78. The first kappa shape index (κ1) is 13.6. The number of non-ortho nitro benzene ring substituents is 1. The minimum atomic E-state index is -0.797. The molecule has 1 atom stereocenters. The van der Waals surface area contributed by atoms with E-state index >= 15 is 0 Å². The topological polar surface area (TPSA) is 98.5 Å². The summed E-state index contributed by atoms with van der Waals surface area (Å²) in [7, 11) is 1.22. The van der Waals surface area contributed by atoms with Crippen molar-refractivity contribution in [2.24, 2.45) is 0 Å². The van der Waals surface area contributed by atoms with Gasteiger partial charge in [0.15, 0.2) is 0 Å². The van der Waals surface area contributed by atoms with Gasteiger partial charge >= 0.3 is 5.97 Å². The molecule has 0 radical (unpaired) electrons. The number of nitro benzene ring substituents is 1. The number of rotatable bonds is 6. The lowest BCUT2D eigenvalue weighted by molar-refractivity contribution is -0.384. The van der Waals surface area contributed by atoms with E-state index in [1.54, 1.807) is 0 Å². The molecule has 0 fully saturated rings. The molecule has 0 saturated carbocycles. The predicted octanol–water partition coefficient (Wildman–Crippen LogP) is 0.425. The number of nitrogens with zero attached hydrogens (tertiary/aromatic N) is 1. The largest absolute Gasteiger partial charge is 0.467 e. The summed E-state index contributed by atoms with van der Waals surface area (Å²) in [4.78, 5) is 31.6. The van der Waals surface area contributed by atoms with Gasteiger partial charge in [0.2, 0.25) is 6.41 Å². The van der Waals surface area contributed by atoms with Crippen LogP contribution in [0.1, 0.15) is 5.56 Å². The zero-order valence-electron chi connectivity index (χ0n) is 9.66. The Labute approximate surface area is 103 Å². The number of benzene rings is 1. The van der Waals surface area contributed by atoms with Crippen LogP contribution in [0.3, 0.4) is 0 Å². The van der Waals surface area contributed by atoms with E-state index in [-0.39, 0.29) is 12.1 Å². The van der Waals surface area contributed by atoms with E-state index < -0.39 is 16.9 Å². The molecule has 18 heavy (non-hydrogen) atoms.